The van der Waals surface area contributed by atoms with E-state index in [0.717, 1.165) is 18.4 Å². The average Bonchev–Trinajstić information content (AvgIpc) is 2.63. The van der Waals surface area contributed by atoms with Crippen LogP contribution in [0, 0.1) is 23.1 Å². The number of hydrogen-bond acceptors (Lipinski definition) is 2. The molecule has 3 rings (SSSR count). The molecule has 0 amide bonds. The van der Waals surface area contributed by atoms with Crippen LogP contribution in [0.3, 0.4) is 0 Å². The van der Waals surface area contributed by atoms with E-state index >= 15 is 0 Å². The largest absolute Gasteiger partial charge is 0.299 e. The van der Waals surface area contributed by atoms with E-state index in [1.807, 2.05) is 12.1 Å². The molecule has 2 heterocycles. The van der Waals surface area contributed by atoms with E-state index in [2.05, 4.69) is 18.0 Å². The number of rotatable bonds is 1. The molecule has 4 unspecified atom stereocenters. The number of nitriles is 1. The van der Waals surface area contributed by atoms with Crippen LogP contribution in [-0.4, -0.2) is 24.0 Å². The van der Waals surface area contributed by atoms with Gasteiger partial charge in [-0.15, -0.1) is 0 Å². The standard InChI is InChI=1S/C15H17FN2/c1-18-12-6-7-15(18)14(9-17)13(8-12)10-2-4-11(16)5-3-10/h2-5,12-15H,6-8H2,1H3. The Bertz CT molecular complexity index is 476. The van der Waals surface area contributed by atoms with Crippen LogP contribution in [0.4, 0.5) is 4.39 Å². The maximum absolute atomic E-state index is 13.0. The van der Waals surface area contributed by atoms with Gasteiger partial charge in [0.15, 0.2) is 0 Å². The quantitative estimate of drug-likeness (QED) is 0.759. The molecule has 4 atom stereocenters. The lowest BCUT2D eigenvalue weighted by Crippen LogP contribution is -2.45. The highest BCUT2D eigenvalue weighted by Crippen LogP contribution is 2.45. The smallest absolute Gasteiger partial charge is 0.123 e. The number of piperidine rings is 1. The molecule has 0 aliphatic carbocycles. The molecule has 2 nitrogen and oxygen atoms in total. The zero-order valence-corrected chi connectivity index (χ0v) is 10.5. The zero-order valence-electron chi connectivity index (χ0n) is 10.5. The van der Waals surface area contributed by atoms with Crippen LogP contribution in [-0.2, 0) is 0 Å². The van der Waals surface area contributed by atoms with Gasteiger partial charge in [-0.2, -0.15) is 5.26 Å². The number of halogens is 1. The summed E-state index contributed by atoms with van der Waals surface area (Å²) in [7, 11) is 2.13. The Balaban J connectivity index is 1.93. The van der Waals surface area contributed by atoms with Crippen molar-refractivity contribution in [3.8, 4) is 6.07 Å². The minimum atomic E-state index is -0.205. The van der Waals surface area contributed by atoms with Crippen molar-refractivity contribution >= 4 is 0 Å². The lowest BCUT2D eigenvalue weighted by Gasteiger charge is -2.40. The molecule has 0 aromatic heterocycles. The molecule has 1 aromatic rings. The van der Waals surface area contributed by atoms with Gasteiger partial charge in [0.05, 0.1) is 12.0 Å². The molecule has 2 aliphatic rings. The Kier molecular flexibility index (Phi) is 2.83. The third-order valence-electron chi connectivity index (χ3n) is 4.72. The Hall–Kier alpha value is -1.40. The second-order valence-corrected chi connectivity index (χ2v) is 5.51. The van der Waals surface area contributed by atoms with E-state index in [1.54, 1.807) is 0 Å². The zero-order chi connectivity index (χ0) is 12.7. The lowest BCUT2D eigenvalue weighted by atomic mass is 9.77. The fourth-order valence-corrected chi connectivity index (χ4v) is 3.70. The van der Waals surface area contributed by atoms with Gasteiger partial charge in [0.1, 0.15) is 5.82 Å². The predicted octanol–water partition coefficient (Wildman–Crippen LogP) is 2.92. The summed E-state index contributed by atoms with van der Waals surface area (Å²) >= 11 is 0. The van der Waals surface area contributed by atoms with Crippen molar-refractivity contribution in [3.05, 3.63) is 35.6 Å². The summed E-state index contributed by atoms with van der Waals surface area (Å²) in [6.45, 7) is 0. The normalized spacial score (nSPS) is 35.4. The van der Waals surface area contributed by atoms with Crippen molar-refractivity contribution in [2.45, 2.75) is 37.3 Å². The minimum absolute atomic E-state index is 0.0409. The first-order chi connectivity index (χ1) is 8.70. The first kappa shape index (κ1) is 11.7. The van der Waals surface area contributed by atoms with Gasteiger partial charge in [-0.25, -0.2) is 4.39 Å². The topological polar surface area (TPSA) is 27.0 Å². The van der Waals surface area contributed by atoms with Gasteiger partial charge in [0.2, 0.25) is 0 Å². The van der Waals surface area contributed by atoms with Crippen LogP contribution in [0.1, 0.15) is 30.7 Å². The average molecular weight is 244 g/mol. The third kappa shape index (κ3) is 1.72. The second-order valence-electron chi connectivity index (χ2n) is 5.51. The lowest BCUT2D eigenvalue weighted by molar-refractivity contribution is 0.127. The number of fused-ring (bicyclic) bond motifs is 2. The van der Waals surface area contributed by atoms with E-state index in [0.29, 0.717) is 12.1 Å². The molecule has 0 saturated carbocycles. The summed E-state index contributed by atoms with van der Waals surface area (Å²) in [6, 6.07) is 10.2. The Morgan fingerprint density at radius 3 is 2.67 bits per heavy atom. The van der Waals surface area contributed by atoms with Gasteiger partial charge in [-0.1, -0.05) is 12.1 Å². The van der Waals surface area contributed by atoms with Crippen molar-refractivity contribution in [1.29, 1.82) is 5.26 Å². The Morgan fingerprint density at radius 2 is 2.00 bits per heavy atom. The van der Waals surface area contributed by atoms with Crippen LogP contribution in [0.15, 0.2) is 24.3 Å². The molecular formula is C15H17FN2. The van der Waals surface area contributed by atoms with Crippen molar-refractivity contribution in [2.24, 2.45) is 5.92 Å². The van der Waals surface area contributed by atoms with Gasteiger partial charge in [-0.3, -0.25) is 4.90 Å². The van der Waals surface area contributed by atoms with Crippen LogP contribution >= 0.6 is 0 Å². The van der Waals surface area contributed by atoms with Gasteiger partial charge in [-0.05, 0) is 44.0 Å². The van der Waals surface area contributed by atoms with E-state index in [1.165, 1.54) is 18.6 Å². The molecule has 0 spiro atoms. The highest BCUT2D eigenvalue weighted by atomic mass is 19.1. The van der Waals surface area contributed by atoms with E-state index in [9.17, 15) is 9.65 Å². The minimum Gasteiger partial charge on any atom is -0.299 e. The van der Waals surface area contributed by atoms with Crippen molar-refractivity contribution in [2.75, 3.05) is 7.05 Å². The maximum Gasteiger partial charge on any atom is 0.123 e. The first-order valence-corrected chi connectivity index (χ1v) is 6.57. The van der Waals surface area contributed by atoms with Crippen molar-refractivity contribution in [3.63, 3.8) is 0 Å². The summed E-state index contributed by atoms with van der Waals surface area (Å²) in [5.41, 5.74) is 1.12. The summed E-state index contributed by atoms with van der Waals surface area (Å²) in [5, 5.41) is 9.46. The summed E-state index contributed by atoms with van der Waals surface area (Å²) in [6.07, 6.45) is 3.34. The van der Waals surface area contributed by atoms with Crippen LogP contribution < -0.4 is 0 Å². The highest BCUT2D eigenvalue weighted by molar-refractivity contribution is 5.26. The fraction of sp³-hybridized carbons (Fsp3) is 0.533. The van der Waals surface area contributed by atoms with Crippen LogP contribution in [0.5, 0.6) is 0 Å². The summed E-state index contributed by atoms with van der Waals surface area (Å²) < 4.78 is 13.0. The predicted molar refractivity (Wildman–Crippen MR) is 67.4 cm³/mol. The summed E-state index contributed by atoms with van der Waals surface area (Å²) in [5.74, 6) is 0.103. The SMILES string of the molecule is CN1C2CCC1C(C#N)C(c1ccc(F)cc1)C2. The van der Waals surface area contributed by atoms with Gasteiger partial charge in [0, 0.05) is 18.0 Å². The number of benzene rings is 1. The Labute approximate surface area is 107 Å². The molecule has 2 bridgehead atoms. The van der Waals surface area contributed by atoms with Crippen LogP contribution in [0.2, 0.25) is 0 Å². The summed E-state index contributed by atoms with van der Waals surface area (Å²) in [4.78, 5) is 2.37. The molecule has 18 heavy (non-hydrogen) atoms. The molecule has 1 aromatic carbocycles. The number of hydrogen-bond donors (Lipinski definition) is 0. The van der Waals surface area contributed by atoms with E-state index in [-0.39, 0.29) is 17.7 Å². The van der Waals surface area contributed by atoms with Crippen LogP contribution in [0.25, 0.3) is 0 Å². The fourth-order valence-electron chi connectivity index (χ4n) is 3.70. The molecule has 94 valence electrons. The second kappa shape index (κ2) is 4.37. The first-order valence-electron chi connectivity index (χ1n) is 6.57. The van der Waals surface area contributed by atoms with Gasteiger partial charge < -0.3 is 0 Å². The molecule has 3 heteroatoms. The van der Waals surface area contributed by atoms with Gasteiger partial charge in [0.25, 0.3) is 0 Å². The number of nitrogens with zero attached hydrogens (tertiary/aromatic N) is 2. The van der Waals surface area contributed by atoms with Crippen molar-refractivity contribution < 1.29 is 4.39 Å². The molecule has 0 N–H and O–H groups in total. The highest BCUT2D eigenvalue weighted by Gasteiger charge is 2.46. The molecular weight excluding hydrogens is 227 g/mol. The molecule has 2 fully saturated rings. The molecule has 2 aliphatic heterocycles. The molecule has 0 radical (unpaired) electrons. The van der Waals surface area contributed by atoms with E-state index < -0.39 is 0 Å². The maximum atomic E-state index is 13.0. The van der Waals surface area contributed by atoms with Gasteiger partial charge >= 0.3 is 0 Å². The molecule has 2 saturated heterocycles. The van der Waals surface area contributed by atoms with E-state index in [4.69, 9.17) is 0 Å². The monoisotopic (exact) mass is 244 g/mol. The van der Waals surface area contributed by atoms with Crippen molar-refractivity contribution in [1.82, 2.24) is 4.90 Å². The third-order valence-corrected chi connectivity index (χ3v) is 4.72. The Morgan fingerprint density at radius 1 is 1.28 bits per heavy atom.